The quantitative estimate of drug-likeness (QED) is 0.796. The molecule has 0 saturated carbocycles. The van der Waals surface area contributed by atoms with Crippen LogP contribution in [0.4, 0.5) is 13.2 Å². The molecule has 1 unspecified atom stereocenters. The van der Waals surface area contributed by atoms with Crippen molar-refractivity contribution in [3.8, 4) is 0 Å². The van der Waals surface area contributed by atoms with Crippen LogP contribution in [0.1, 0.15) is 11.6 Å². The lowest BCUT2D eigenvalue weighted by molar-refractivity contribution is -0.171. The molecular formula is C14H13ClF3N3O3S. The number of alkyl halides is 3. The summed E-state index contributed by atoms with van der Waals surface area (Å²) >= 11 is 5.67. The van der Waals surface area contributed by atoms with Crippen molar-refractivity contribution in [3.63, 3.8) is 0 Å². The van der Waals surface area contributed by atoms with E-state index in [1.807, 2.05) is 0 Å². The molecule has 1 aromatic carbocycles. The van der Waals surface area contributed by atoms with E-state index in [4.69, 9.17) is 11.6 Å². The number of halogens is 4. The first-order valence-corrected chi connectivity index (χ1v) is 8.59. The van der Waals surface area contributed by atoms with Crippen molar-refractivity contribution in [2.75, 3.05) is 7.05 Å². The Hall–Kier alpha value is -1.91. The molecule has 0 fully saturated rings. The second kappa shape index (κ2) is 6.77. The summed E-state index contributed by atoms with van der Waals surface area (Å²) in [5, 5.41) is 0.220. The Balaban J connectivity index is 2.55. The topological polar surface area (TPSA) is 72.3 Å². The van der Waals surface area contributed by atoms with Crippen LogP contribution in [0, 0.1) is 0 Å². The van der Waals surface area contributed by atoms with Crippen LogP contribution in [0.25, 0.3) is 0 Å². The Kier molecular flexibility index (Phi) is 5.26. The molecule has 1 atom stereocenters. The lowest BCUT2D eigenvalue weighted by Gasteiger charge is -2.29. The molecule has 0 radical (unpaired) electrons. The fraction of sp³-hybridized carbons (Fsp3) is 0.286. The van der Waals surface area contributed by atoms with Crippen molar-refractivity contribution in [2.45, 2.75) is 17.1 Å². The molecule has 11 heteroatoms. The first-order valence-electron chi connectivity index (χ1n) is 6.77. The van der Waals surface area contributed by atoms with Crippen LogP contribution in [0.2, 0.25) is 5.02 Å². The largest absolute Gasteiger partial charge is 0.409 e. The molecule has 0 saturated heterocycles. The number of rotatable bonds is 4. The molecule has 0 N–H and O–H groups in total. The minimum absolute atomic E-state index is 0.192. The Morgan fingerprint density at radius 1 is 1.24 bits per heavy atom. The maximum atomic E-state index is 13.5. The molecule has 0 aliphatic heterocycles. The van der Waals surface area contributed by atoms with Crippen LogP contribution in [0.5, 0.6) is 0 Å². The highest BCUT2D eigenvalue weighted by atomic mass is 35.5. The summed E-state index contributed by atoms with van der Waals surface area (Å²) in [7, 11) is -2.50. The monoisotopic (exact) mass is 395 g/mol. The molecule has 136 valence electrons. The summed E-state index contributed by atoms with van der Waals surface area (Å²) in [6.45, 7) is 0. The molecule has 0 spiro atoms. The summed E-state index contributed by atoms with van der Waals surface area (Å²) in [6, 6.07) is 2.26. The van der Waals surface area contributed by atoms with E-state index < -0.39 is 32.8 Å². The van der Waals surface area contributed by atoms with Gasteiger partial charge in [-0.2, -0.15) is 17.5 Å². The van der Waals surface area contributed by atoms with Gasteiger partial charge in [-0.1, -0.05) is 23.7 Å². The van der Waals surface area contributed by atoms with Crippen molar-refractivity contribution in [2.24, 2.45) is 7.05 Å². The zero-order chi connectivity index (χ0) is 19.0. The number of benzene rings is 1. The fourth-order valence-electron chi connectivity index (χ4n) is 2.18. The van der Waals surface area contributed by atoms with Gasteiger partial charge >= 0.3 is 11.9 Å². The second-order valence-electron chi connectivity index (χ2n) is 5.20. The van der Waals surface area contributed by atoms with Gasteiger partial charge < -0.3 is 4.57 Å². The second-order valence-corrected chi connectivity index (χ2v) is 7.63. The summed E-state index contributed by atoms with van der Waals surface area (Å²) in [5.41, 5.74) is -1.02. The third kappa shape index (κ3) is 4.02. The van der Waals surface area contributed by atoms with E-state index in [0.717, 1.165) is 36.1 Å². The minimum atomic E-state index is -4.87. The summed E-state index contributed by atoms with van der Waals surface area (Å²) in [5.74, 6) is 0. The number of aromatic nitrogens is 2. The molecule has 2 aromatic rings. The van der Waals surface area contributed by atoms with Gasteiger partial charge in [0.25, 0.3) is 0 Å². The molecular weight excluding hydrogens is 383 g/mol. The summed E-state index contributed by atoms with van der Waals surface area (Å²) < 4.78 is 66.8. The number of nitrogens with zero attached hydrogens (tertiary/aromatic N) is 3. The molecule has 1 aromatic heterocycles. The van der Waals surface area contributed by atoms with Gasteiger partial charge in [-0.15, -0.1) is 0 Å². The van der Waals surface area contributed by atoms with Crippen molar-refractivity contribution < 1.29 is 21.6 Å². The predicted molar refractivity (Wildman–Crippen MR) is 84.7 cm³/mol. The van der Waals surface area contributed by atoms with E-state index in [1.165, 1.54) is 19.2 Å². The summed E-state index contributed by atoms with van der Waals surface area (Å²) in [4.78, 5) is 14.1. The van der Waals surface area contributed by atoms with Crippen molar-refractivity contribution >= 4 is 21.6 Å². The van der Waals surface area contributed by atoms with Gasteiger partial charge in [-0.3, -0.25) is 0 Å². The first-order chi connectivity index (χ1) is 11.4. The van der Waals surface area contributed by atoms with E-state index in [9.17, 15) is 26.4 Å². The zero-order valence-electron chi connectivity index (χ0n) is 13.0. The van der Waals surface area contributed by atoms with E-state index >= 15 is 0 Å². The fourth-order valence-corrected chi connectivity index (χ4v) is 3.63. The van der Waals surface area contributed by atoms with Gasteiger partial charge in [-0.05, 0) is 17.7 Å². The molecule has 2 rings (SSSR count). The van der Waals surface area contributed by atoms with Gasteiger partial charge in [-0.25, -0.2) is 18.2 Å². The minimum Gasteiger partial charge on any atom is -0.301 e. The lowest BCUT2D eigenvalue weighted by atomic mass is 10.1. The van der Waals surface area contributed by atoms with Gasteiger partial charge in [0.2, 0.25) is 10.0 Å². The molecule has 0 amide bonds. The summed E-state index contributed by atoms with van der Waals surface area (Å²) in [6.07, 6.45) is -3.23. The first kappa shape index (κ1) is 19.4. The Labute approximate surface area is 146 Å². The standard InChI is InChI=1S/C14H13ClF3N3O3S/c1-20-8-11(7-19-13(20)22)25(23,24)21(2)12(14(16,17)18)9-3-5-10(15)6-4-9/h3-8,12H,1-2H3. The van der Waals surface area contributed by atoms with Gasteiger partial charge in [0.05, 0.1) is 6.20 Å². The Morgan fingerprint density at radius 2 is 1.80 bits per heavy atom. The van der Waals surface area contributed by atoms with E-state index in [-0.39, 0.29) is 14.9 Å². The SMILES string of the molecule is CN(C(c1ccc(Cl)cc1)C(F)(F)F)S(=O)(=O)c1cnc(=O)n(C)c1. The average Bonchev–Trinajstić information content (AvgIpc) is 2.50. The van der Waals surface area contributed by atoms with Crippen LogP contribution in [-0.2, 0) is 17.1 Å². The molecule has 0 bridgehead atoms. The molecule has 6 nitrogen and oxygen atoms in total. The predicted octanol–water partition coefficient (Wildman–Crippen LogP) is 2.36. The highest BCUT2D eigenvalue weighted by molar-refractivity contribution is 7.89. The Morgan fingerprint density at radius 3 is 2.28 bits per heavy atom. The maximum Gasteiger partial charge on any atom is 0.409 e. The maximum absolute atomic E-state index is 13.5. The van der Waals surface area contributed by atoms with Crippen LogP contribution in [0.3, 0.4) is 0 Å². The lowest BCUT2D eigenvalue weighted by Crippen LogP contribution is -2.40. The van der Waals surface area contributed by atoms with E-state index in [0.29, 0.717) is 0 Å². The molecule has 25 heavy (non-hydrogen) atoms. The van der Waals surface area contributed by atoms with Crippen LogP contribution in [-0.4, -0.2) is 35.5 Å². The number of hydrogen-bond donors (Lipinski definition) is 0. The van der Waals surface area contributed by atoms with Gasteiger partial charge in [0.15, 0.2) is 0 Å². The number of sulfonamides is 1. The molecule has 0 aliphatic carbocycles. The Bertz CT molecular complexity index is 927. The van der Waals surface area contributed by atoms with E-state index in [1.54, 1.807) is 0 Å². The van der Waals surface area contributed by atoms with E-state index in [2.05, 4.69) is 4.98 Å². The van der Waals surface area contributed by atoms with Crippen molar-refractivity contribution in [1.82, 2.24) is 13.9 Å². The smallest absolute Gasteiger partial charge is 0.301 e. The third-order valence-corrected chi connectivity index (χ3v) is 5.49. The highest BCUT2D eigenvalue weighted by Gasteiger charge is 2.47. The number of aryl methyl sites for hydroxylation is 1. The van der Waals surface area contributed by atoms with Crippen LogP contribution in [0.15, 0.2) is 46.3 Å². The van der Waals surface area contributed by atoms with Crippen molar-refractivity contribution in [1.29, 1.82) is 0 Å². The van der Waals surface area contributed by atoms with Crippen molar-refractivity contribution in [3.05, 3.63) is 57.7 Å². The molecule has 1 heterocycles. The molecule has 0 aliphatic rings. The van der Waals surface area contributed by atoms with Gasteiger partial charge in [0.1, 0.15) is 10.9 Å². The van der Waals surface area contributed by atoms with Gasteiger partial charge in [0, 0.05) is 25.3 Å². The highest BCUT2D eigenvalue weighted by Crippen LogP contribution is 2.39. The van der Waals surface area contributed by atoms with Crippen LogP contribution >= 0.6 is 11.6 Å². The average molecular weight is 396 g/mol. The van der Waals surface area contributed by atoms with Crippen LogP contribution < -0.4 is 5.69 Å². The number of hydrogen-bond acceptors (Lipinski definition) is 4. The zero-order valence-corrected chi connectivity index (χ0v) is 14.6. The third-order valence-electron chi connectivity index (χ3n) is 3.46. The normalized spacial score (nSPS) is 13.9.